The minimum absolute atomic E-state index is 0.133. The van der Waals surface area contributed by atoms with Crippen LogP contribution in [0.5, 0.6) is 5.75 Å². The first-order valence-electron chi connectivity index (χ1n) is 10.2. The number of fused-ring (bicyclic) bond motifs is 1. The van der Waals surface area contributed by atoms with Crippen molar-refractivity contribution in [3.8, 4) is 17.0 Å². The van der Waals surface area contributed by atoms with Gasteiger partial charge in [-0.3, -0.25) is 14.5 Å². The number of rotatable bonds is 5. The van der Waals surface area contributed by atoms with E-state index in [1.807, 2.05) is 54.6 Å². The van der Waals surface area contributed by atoms with E-state index in [2.05, 4.69) is 4.98 Å². The molecule has 32 heavy (non-hydrogen) atoms. The van der Waals surface area contributed by atoms with Crippen LogP contribution in [0, 0.1) is 0 Å². The molecule has 5 rings (SSSR count). The van der Waals surface area contributed by atoms with Crippen LogP contribution in [0.2, 0.25) is 0 Å². The summed E-state index contributed by atoms with van der Waals surface area (Å²) in [7, 11) is 0. The lowest BCUT2D eigenvalue weighted by molar-refractivity contribution is -0.138. The van der Waals surface area contributed by atoms with Crippen LogP contribution in [-0.2, 0) is 9.59 Å². The zero-order chi connectivity index (χ0) is 22.2. The number of hydrogen-bond donors (Lipinski definition) is 3. The maximum Gasteiger partial charge on any atom is 0.305 e. The zero-order valence-corrected chi connectivity index (χ0v) is 17.8. The number of nitrogens with zero attached hydrogens (tertiary/aromatic N) is 1. The first-order valence-corrected chi connectivity index (χ1v) is 11.1. The van der Waals surface area contributed by atoms with Crippen molar-refractivity contribution in [1.82, 2.24) is 4.98 Å². The molecule has 0 radical (unpaired) electrons. The van der Waals surface area contributed by atoms with E-state index in [4.69, 9.17) is 0 Å². The molecule has 1 amide bonds. The van der Waals surface area contributed by atoms with Crippen molar-refractivity contribution in [2.24, 2.45) is 0 Å². The number of benzene rings is 3. The monoisotopic (exact) mass is 444 g/mol. The van der Waals surface area contributed by atoms with Gasteiger partial charge >= 0.3 is 5.97 Å². The summed E-state index contributed by atoms with van der Waals surface area (Å²) in [6.45, 7) is 0. The molecule has 0 bridgehead atoms. The van der Waals surface area contributed by atoms with Crippen molar-refractivity contribution in [3.05, 3.63) is 84.4 Å². The lowest BCUT2D eigenvalue weighted by atomic mass is 10.1. The molecule has 160 valence electrons. The summed E-state index contributed by atoms with van der Waals surface area (Å²) >= 11 is 1.32. The highest BCUT2D eigenvalue weighted by Crippen LogP contribution is 2.51. The molecular formula is C25H20N2O4S. The Kier molecular flexibility index (Phi) is 5.11. The van der Waals surface area contributed by atoms with Crippen LogP contribution < -0.4 is 4.90 Å². The summed E-state index contributed by atoms with van der Waals surface area (Å²) in [6, 6.07) is 24.3. The maximum atomic E-state index is 13.6. The summed E-state index contributed by atoms with van der Waals surface area (Å²) in [5.41, 5.74) is 4.18. The summed E-state index contributed by atoms with van der Waals surface area (Å²) in [5, 5.41) is 18.9. The van der Waals surface area contributed by atoms with E-state index in [1.54, 1.807) is 29.2 Å². The van der Waals surface area contributed by atoms with Gasteiger partial charge in [-0.05, 0) is 23.8 Å². The molecule has 1 aromatic heterocycles. The lowest BCUT2D eigenvalue weighted by Gasteiger charge is -2.25. The fourth-order valence-electron chi connectivity index (χ4n) is 4.12. The largest absolute Gasteiger partial charge is 0.508 e. The van der Waals surface area contributed by atoms with Gasteiger partial charge in [0, 0.05) is 16.5 Å². The number of amides is 1. The molecule has 2 heterocycles. The SMILES string of the molecule is O=C(O)CC1SC(c2ccc(O)cc2)N(c2c(-c3ccccc3)[nH]c3ccccc23)C1=O. The Labute approximate surface area is 188 Å². The van der Waals surface area contributed by atoms with Crippen LogP contribution in [-0.4, -0.2) is 32.3 Å². The molecule has 1 aliphatic rings. The van der Waals surface area contributed by atoms with Crippen LogP contribution in [0.3, 0.4) is 0 Å². The van der Waals surface area contributed by atoms with E-state index in [0.29, 0.717) is 0 Å². The van der Waals surface area contributed by atoms with Crippen LogP contribution in [0.15, 0.2) is 78.9 Å². The van der Waals surface area contributed by atoms with Gasteiger partial charge in [0.25, 0.3) is 0 Å². The molecule has 1 saturated heterocycles. The molecule has 1 aliphatic heterocycles. The van der Waals surface area contributed by atoms with E-state index < -0.39 is 16.6 Å². The Balaban J connectivity index is 1.72. The highest BCUT2D eigenvalue weighted by molar-refractivity contribution is 8.01. The van der Waals surface area contributed by atoms with Crippen LogP contribution in [0.1, 0.15) is 17.4 Å². The summed E-state index contributed by atoms with van der Waals surface area (Å²) in [4.78, 5) is 30.2. The van der Waals surface area contributed by atoms with Crippen LogP contribution >= 0.6 is 11.8 Å². The van der Waals surface area contributed by atoms with Gasteiger partial charge in [-0.15, -0.1) is 11.8 Å². The minimum Gasteiger partial charge on any atom is -0.508 e. The average molecular weight is 445 g/mol. The van der Waals surface area contributed by atoms with Crippen molar-refractivity contribution in [2.75, 3.05) is 4.90 Å². The molecule has 6 nitrogen and oxygen atoms in total. The summed E-state index contributed by atoms with van der Waals surface area (Å²) in [6.07, 6.45) is -0.252. The van der Waals surface area contributed by atoms with Gasteiger partial charge in [0.15, 0.2) is 0 Å². The van der Waals surface area contributed by atoms with Gasteiger partial charge in [-0.25, -0.2) is 0 Å². The van der Waals surface area contributed by atoms with Crippen molar-refractivity contribution in [2.45, 2.75) is 17.0 Å². The molecule has 0 spiro atoms. The quantitative estimate of drug-likeness (QED) is 0.395. The van der Waals surface area contributed by atoms with Gasteiger partial charge in [-0.2, -0.15) is 0 Å². The number of H-pyrrole nitrogens is 1. The van der Waals surface area contributed by atoms with Crippen LogP contribution in [0.25, 0.3) is 22.2 Å². The topological polar surface area (TPSA) is 93.6 Å². The Morgan fingerprint density at radius 1 is 0.969 bits per heavy atom. The number of hydrogen-bond acceptors (Lipinski definition) is 4. The Bertz CT molecular complexity index is 1300. The fourth-order valence-corrected chi connectivity index (χ4v) is 5.55. The number of nitrogens with one attached hydrogen (secondary N) is 1. The predicted octanol–water partition coefficient (Wildman–Crippen LogP) is 5.16. The molecule has 3 N–H and O–H groups in total. The smallest absolute Gasteiger partial charge is 0.305 e. The van der Waals surface area contributed by atoms with Gasteiger partial charge in [-0.1, -0.05) is 60.7 Å². The first kappa shape index (κ1) is 20.2. The first-order chi connectivity index (χ1) is 15.5. The highest BCUT2D eigenvalue weighted by Gasteiger charge is 2.44. The molecule has 3 aromatic carbocycles. The predicted molar refractivity (Wildman–Crippen MR) is 126 cm³/mol. The van der Waals surface area contributed by atoms with E-state index in [9.17, 15) is 19.8 Å². The number of aliphatic carboxylic acids is 1. The Hall–Kier alpha value is -3.71. The van der Waals surface area contributed by atoms with Gasteiger partial charge in [0.1, 0.15) is 11.1 Å². The molecular weight excluding hydrogens is 424 g/mol. The number of phenols is 1. The van der Waals surface area contributed by atoms with Gasteiger partial charge < -0.3 is 15.2 Å². The minimum atomic E-state index is -1.01. The van der Waals surface area contributed by atoms with Crippen LogP contribution in [0.4, 0.5) is 5.69 Å². The van der Waals surface area contributed by atoms with E-state index >= 15 is 0 Å². The number of aromatic hydroxyl groups is 1. The second kappa shape index (κ2) is 8.09. The van der Waals surface area contributed by atoms with E-state index in [-0.39, 0.29) is 18.1 Å². The van der Waals surface area contributed by atoms with Crippen molar-refractivity contribution in [1.29, 1.82) is 0 Å². The second-order valence-electron chi connectivity index (χ2n) is 7.63. The van der Waals surface area contributed by atoms with Crippen molar-refractivity contribution < 1.29 is 19.8 Å². The molecule has 1 fully saturated rings. The number of aromatic amines is 1. The number of carboxylic acids is 1. The fraction of sp³-hybridized carbons (Fsp3) is 0.120. The molecule has 7 heteroatoms. The molecule has 2 atom stereocenters. The Morgan fingerprint density at radius 3 is 2.38 bits per heavy atom. The summed E-state index contributed by atoms with van der Waals surface area (Å²) in [5.74, 6) is -1.12. The third-order valence-corrected chi connectivity index (χ3v) is 7.00. The number of anilines is 1. The van der Waals surface area contributed by atoms with Crippen molar-refractivity contribution >= 4 is 40.2 Å². The number of thioether (sulfide) groups is 1. The normalized spacial score (nSPS) is 18.4. The maximum absolute atomic E-state index is 13.6. The average Bonchev–Trinajstić information content (AvgIpc) is 3.32. The molecule has 0 aliphatic carbocycles. The number of phenolic OH excluding ortho intramolecular Hbond substituents is 1. The zero-order valence-electron chi connectivity index (χ0n) is 16.9. The van der Waals surface area contributed by atoms with Gasteiger partial charge in [0.2, 0.25) is 5.91 Å². The highest BCUT2D eigenvalue weighted by atomic mass is 32.2. The van der Waals surface area contributed by atoms with E-state index in [1.165, 1.54) is 11.8 Å². The number of carbonyl (C=O) groups excluding carboxylic acids is 1. The standard InChI is InChI=1S/C25H20N2O4S/c28-17-12-10-16(11-13-17)25-27(24(31)20(32-25)14-21(29)30)23-18-8-4-5-9-19(18)26-22(23)15-6-2-1-3-7-15/h1-13,20,25-26,28H,14H2,(H,29,30). The Morgan fingerprint density at radius 2 is 1.66 bits per heavy atom. The molecule has 2 unspecified atom stereocenters. The summed E-state index contributed by atoms with van der Waals surface area (Å²) < 4.78 is 0. The number of carboxylic acid groups (broad SMARTS) is 1. The number of carbonyl (C=O) groups is 2. The van der Waals surface area contributed by atoms with E-state index in [0.717, 1.165) is 33.4 Å². The number of aromatic nitrogens is 1. The second-order valence-corrected chi connectivity index (χ2v) is 8.92. The van der Waals surface area contributed by atoms with Crippen molar-refractivity contribution in [3.63, 3.8) is 0 Å². The third kappa shape index (κ3) is 3.50. The third-order valence-electron chi connectivity index (χ3n) is 5.56. The lowest BCUT2D eigenvalue weighted by Crippen LogP contribution is -2.32. The van der Waals surface area contributed by atoms with Gasteiger partial charge in [0.05, 0.1) is 23.1 Å². The molecule has 4 aromatic rings. The number of para-hydroxylation sites is 1. The molecule has 0 saturated carbocycles.